The first-order valence-corrected chi connectivity index (χ1v) is 7.10. The van der Waals surface area contributed by atoms with E-state index in [0.717, 1.165) is 17.8 Å². The van der Waals surface area contributed by atoms with Gasteiger partial charge in [0.1, 0.15) is 5.82 Å². The number of benzene rings is 1. The van der Waals surface area contributed by atoms with Gasteiger partial charge in [-0.25, -0.2) is 4.98 Å². The summed E-state index contributed by atoms with van der Waals surface area (Å²) in [7, 11) is 0. The van der Waals surface area contributed by atoms with E-state index in [2.05, 4.69) is 34.0 Å². The first-order chi connectivity index (χ1) is 9.79. The van der Waals surface area contributed by atoms with Crippen LogP contribution in [0.4, 0.5) is 0 Å². The third-order valence-corrected chi connectivity index (χ3v) is 3.06. The second-order valence-electron chi connectivity index (χ2n) is 4.78. The number of unbranched alkanes of at least 4 members (excludes halogenated alkanes) is 1. The molecule has 1 aromatic carbocycles. The Balaban J connectivity index is 0.000000147. The second-order valence-corrected chi connectivity index (χ2v) is 4.78. The van der Waals surface area contributed by atoms with E-state index in [1.165, 1.54) is 23.9 Å². The summed E-state index contributed by atoms with van der Waals surface area (Å²) in [6.45, 7) is 4.18. The van der Waals surface area contributed by atoms with E-state index >= 15 is 0 Å². The van der Waals surface area contributed by atoms with Gasteiger partial charge in [0.15, 0.2) is 0 Å². The molecule has 0 saturated carbocycles. The Morgan fingerprint density at radius 2 is 1.90 bits per heavy atom. The summed E-state index contributed by atoms with van der Waals surface area (Å²) in [6, 6.07) is 12.1. The lowest BCUT2D eigenvalue weighted by atomic mass is 10.2. The highest BCUT2D eigenvalue weighted by Crippen LogP contribution is 2.07. The molecule has 0 aliphatic carbocycles. The summed E-state index contributed by atoms with van der Waals surface area (Å²) in [4.78, 5) is 11.5. The van der Waals surface area contributed by atoms with Crippen molar-refractivity contribution < 1.29 is 0 Å². The van der Waals surface area contributed by atoms with E-state index in [1.54, 1.807) is 0 Å². The van der Waals surface area contributed by atoms with Crippen LogP contribution < -0.4 is 0 Å². The number of nitrogens with zero attached hydrogens (tertiary/aromatic N) is 2. The van der Waals surface area contributed by atoms with Crippen LogP contribution in [-0.2, 0) is 6.42 Å². The van der Waals surface area contributed by atoms with Crippen molar-refractivity contribution in [2.24, 2.45) is 0 Å². The zero-order valence-corrected chi connectivity index (χ0v) is 12.1. The van der Waals surface area contributed by atoms with Crippen LogP contribution in [0.15, 0.2) is 48.8 Å². The van der Waals surface area contributed by atoms with Crippen LogP contribution in [0.3, 0.4) is 0 Å². The van der Waals surface area contributed by atoms with Gasteiger partial charge in [-0.1, -0.05) is 37.6 Å². The molecule has 0 amide bonds. The topological polar surface area (TPSA) is 41.6 Å². The molecule has 3 rings (SSSR count). The van der Waals surface area contributed by atoms with E-state index in [9.17, 15) is 0 Å². The van der Waals surface area contributed by atoms with Crippen LogP contribution in [0.5, 0.6) is 0 Å². The monoisotopic (exact) mass is 267 g/mol. The lowest BCUT2D eigenvalue weighted by Crippen LogP contribution is -1.83. The van der Waals surface area contributed by atoms with E-state index < -0.39 is 0 Å². The molecule has 0 unspecified atom stereocenters. The first-order valence-electron chi connectivity index (χ1n) is 7.10. The molecule has 3 heteroatoms. The number of para-hydroxylation sites is 1. The van der Waals surface area contributed by atoms with Gasteiger partial charge in [0, 0.05) is 17.8 Å². The minimum Gasteiger partial charge on any atom is -0.349 e. The maximum Gasteiger partial charge on any atom is 0.103 e. The van der Waals surface area contributed by atoms with Crippen molar-refractivity contribution in [3.63, 3.8) is 0 Å². The molecule has 2 heterocycles. The molecule has 2 aromatic heterocycles. The standard InChI is InChI=1S/C9H7N.C8H14N2/c1-2-6-9-8(4-1)5-3-7-10-9;1-3-4-5-8-6-9-7(2)10-8/h1-7H;6H,3-5H2,1-2H3,(H,9,10). The average molecular weight is 267 g/mol. The Labute approximate surface area is 120 Å². The first kappa shape index (κ1) is 14.3. The number of pyridine rings is 1. The summed E-state index contributed by atoms with van der Waals surface area (Å²) in [5, 5.41) is 1.20. The third-order valence-electron chi connectivity index (χ3n) is 3.06. The Morgan fingerprint density at radius 3 is 2.60 bits per heavy atom. The van der Waals surface area contributed by atoms with Gasteiger partial charge in [-0.15, -0.1) is 0 Å². The van der Waals surface area contributed by atoms with Crippen LogP contribution >= 0.6 is 0 Å². The van der Waals surface area contributed by atoms with Crippen molar-refractivity contribution in [1.82, 2.24) is 15.0 Å². The molecule has 3 aromatic rings. The van der Waals surface area contributed by atoms with Gasteiger partial charge >= 0.3 is 0 Å². The number of hydrogen-bond donors (Lipinski definition) is 1. The normalized spacial score (nSPS) is 10.1. The molecule has 0 atom stereocenters. The molecular weight excluding hydrogens is 246 g/mol. The summed E-state index contributed by atoms with van der Waals surface area (Å²) in [5.74, 6) is 1.02. The number of hydrogen-bond acceptors (Lipinski definition) is 2. The minimum absolute atomic E-state index is 1.02. The maximum atomic E-state index is 4.29. The molecule has 0 aliphatic heterocycles. The predicted molar refractivity (Wildman–Crippen MR) is 83.7 cm³/mol. The quantitative estimate of drug-likeness (QED) is 0.769. The van der Waals surface area contributed by atoms with Crippen molar-refractivity contribution in [2.75, 3.05) is 0 Å². The van der Waals surface area contributed by atoms with Crippen molar-refractivity contribution in [1.29, 1.82) is 0 Å². The molecule has 104 valence electrons. The van der Waals surface area contributed by atoms with E-state index in [1.807, 2.05) is 43.6 Å². The number of aryl methyl sites for hydroxylation is 2. The summed E-state index contributed by atoms with van der Waals surface area (Å²) in [5.41, 5.74) is 2.25. The van der Waals surface area contributed by atoms with Crippen LogP contribution in [0.1, 0.15) is 31.3 Å². The van der Waals surface area contributed by atoms with Gasteiger partial charge in [-0.05, 0) is 31.9 Å². The lowest BCUT2D eigenvalue weighted by molar-refractivity contribution is 0.779. The highest BCUT2D eigenvalue weighted by molar-refractivity contribution is 5.77. The molecule has 20 heavy (non-hydrogen) atoms. The SMILES string of the molecule is CCCCc1c[nH]c(C)n1.c1ccc2ncccc2c1. The fraction of sp³-hybridized carbons (Fsp3) is 0.294. The number of imidazole rings is 1. The van der Waals surface area contributed by atoms with Crippen molar-refractivity contribution in [3.8, 4) is 0 Å². The molecule has 0 aliphatic rings. The summed E-state index contributed by atoms with van der Waals surface area (Å²) >= 11 is 0. The van der Waals surface area contributed by atoms with Crippen LogP contribution in [-0.4, -0.2) is 15.0 Å². The maximum absolute atomic E-state index is 4.29. The van der Waals surface area contributed by atoms with Gasteiger partial charge < -0.3 is 4.98 Å². The largest absolute Gasteiger partial charge is 0.349 e. The number of rotatable bonds is 3. The van der Waals surface area contributed by atoms with Crippen molar-refractivity contribution in [3.05, 3.63) is 60.3 Å². The Hall–Kier alpha value is -2.16. The molecule has 0 saturated heterocycles. The van der Waals surface area contributed by atoms with Crippen LogP contribution in [0, 0.1) is 6.92 Å². The zero-order chi connectivity index (χ0) is 14.2. The fourth-order valence-corrected chi connectivity index (χ4v) is 1.97. The van der Waals surface area contributed by atoms with Crippen molar-refractivity contribution in [2.45, 2.75) is 33.1 Å². The number of H-pyrrole nitrogens is 1. The van der Waals surface area contributed by atoms with Gasteiger partial charge in [0.2, 0.25) is 0 Å². The number of aromatic amines is 1. The molecule has 3 nitrogen and oxygen atoms in total. The van der Waals surface area contributed by atoms with Gasteiger partial charge in [-0.3, -0.25) is 4.98 Å². The highest BCUT2D eigenvalue weighted by Gasteiger charge is 1.94. The van der Waals surface area contributed by atoms with E-state index in [4.69, 9.17) is 0 Å². The van der Waals surface area contributed by atoms with Crippen LogP contribution in [0.2, 0.25) is 0 Å². The highest BCUT2D eigenvalue weighted by atomic mass is 14.9. The van der Waals surface area contributed by atoms with E-state index in [0.29, 0.717) is 0 Å². The smallest absolute Gasteiger partial charge is 0.103 e. The van der Waals surface area contributed by atoms with Crippen LogP contribution in [0.25, 0.3) is 10.9 Å². The zero-order valence-electron chi connectivity index (χ0n) is 12.1. The number of nitrogens with one attached hydrogen (secondary N) is 1. The van der Waals surface area contributed by atoms with Gasteiger partial charge in [0.25, 0.3) is 0 Å². The minimum atomic E-state index is 1.02. The van der Waals surface area contributed by atoms with E-state index in [-0.39, 0.29) is 0 Å². The molecule has 0 spiro atoms. The summed E-state index contributed by atoms with van der Waals surface area (Å²) in [6.07, 6.45) is 7.39. The van der Waals surface area contributed by atoms with Gasteiger partial charge in [-0.2, -0.15) is 0 Å². The summed E-state index contributed by atoms with van der Waals surface area (Å²) < 4.78 is 0. The number of aromatic nitrogens is 3. The fourth-order valence-electron chi connectivity index (χ4n) is 1.97. The van der Waals surface area contributed by atoms with Crippen molar-refractivity contribution >= 4 is 10.9 Å². The Morgan fingerprint density at radius 1 is 1.10 bits per heavy atom. The molecule has 1 N–H and O–H groups in total. The lowest BCUT2D eigenvalue weighted by Gasteiger charge is -1.91. The third kappa shape index (κ3) is 4.19. The average Bonchev–Trinajstić information content (AvgIpc) is 2.91. The Kier molecular flexibility index (Phi) is 5.30. The molecule has 0 fully saturated rings. The number of fused-ring (bicyclic) bond motifs is 1. The molecular formula is C17H21N3. The predicted octanol–water partition coefficient (Wildman–Crippen LogP) is 4.30. The molecule has 0 radical (unpaired) electrons. The Bertz CT molecular complexity index is 578. The molecule has 0 bridgehead atoms. The second kappa shape index (κ2) is 7.43. The van der Waals surface area contributed by atoms with Gasteiger partial charge in [0.05, 0.1) is 11.2 Å².